The number of benzene rings is 1. The molecule has 0 aliphatic heterocycles. The molecule has 0 aromatic heterocycles. The predicted molar refractivity (Wildman–Crippen MR) is 53.7 cm³/mol. The van der Waals surface area contributed by atoms with Crippen LogP contribution >= 0.6 is 27.5 Å². The third-order valence-electron chi connectivity index (χ3n) is 1.98. The van der Waals surface area contributed by atoms with Gasteiger partial charge in [0.25, 0.3) is 0 Å². The van der Waals surface area contributed by atoms with E-state index in [9.17, 15) is 26.3 Å². The van der Waals surface area contributed by atoms with Crippen LogP contribution in [0.4, 0.5) is 26.3 Å². The maximum Gasteiger partial charge on any atom is 0.417 e. The predicted octanol–water partition coefficient (Wildman–Crippen LogP) is 5.23. The van der Waals surface area contributed by atoms with Crippen molar-refractivity contribution in [1.29, 1.82) is 0 Å². The van der Waals surface area contributed by atoms with E-state index in [-0.39, 0.29) is 4.47 Å². The smallest absolute Gasteiger partial charge is 0.166 e. The Bertz CT molecular complexity index is 423. The van der Waals surface area contributed by atoms with Gasteiger partial charge < -0.3 is 0 Å². The number of alkyl halides is 7. The maximum absolute atomic E-state index is 12.6. The Morgan fingerprint density at radius 3 is 1.88 bits per heavy atom. The average Bonchev–Trinajstić information content (AvgIpc) is 2.13. The molecule has 0 amide bonds. The summed E-state index contributed by atoms with van der Waals surface area (Å²) in [5.74, 6) is -0.667. The third-order valence-corrected chi connectivity index (χ3v) is 2.99. The highest BCUT2D eigenvalue weighted by Gasteiger charge is 2.45. The highest BCUT2D eigenvalue weighted by Crippen LogP contribution is 2.44. The Hall–Kier alpha value is -0.430. The normalized spacial score (nSPS) is 12.9. The summed E-state index contributed by atoms with van der Waals surface area (Å²) in [7, 11) is 0. The van der Waals surface area contributed by atoms with Gasteiger partial charge in [-0.15, -0.1) is 11.6 Å². The SMILES string of the molecule is FC(F)(F)c1ccc(Br)c(CCl)c1C(F)(F)F. The van der Waals surface area contributed by atoms with E-state index < -0.39 is 34.9 Å². The molecule has 8 heteroatoms. The zero-order chi connectivity index (χ0) is 13.4. The average molecular weight is 341 g/mol. The largest absolute Gasteiger partial charge is 0.417 e. The Labute approximate surface area is 106 Å². The molecule has 0 aliphatic rings. The molecule has 0 nitrogen and oxygen atoms in total. The van der Waals surface area contributed by atoms with Crippen LogP contribution in [0, 0.1) is 0 Å². The minimum Gasteiger partial charge on any atom is -0.166 e. The van der Waals surface area contributed by atoms with Crippen LogP contribution in [-0.2, 0) is 18.2 Å². The molecule has 0 bridgehead atoms. The van der Waals surface area contributed by atoms with Crippen LogP contribution in [-0.4, -0.2) is 0 Å². The van der Waals surface area contributed by atoms with Gasteiger partial charge in [0, 0.05) is 10.4 Å². The molecule has 0 heterocycles. The van der Waals surface area contributed by atoms with E-state index in [1.165, 1.54) is 0 Å². The van der Waals surface area contributed by atoms with E-state index >= 15 is 0 Å². The second kappa shape index (κ2) is 4.68. The fraction of sp³-hybridized carbons (Fsp3) is 0.333. The topological polar surface area (TPSA) is 0 Å². The van der Waals surface area contributed by atoms with Gasteiger partial charge in [-0.25, -0.2) is 0 Å². The molecule has 0 aliphatic carbocycles. The summed E-state index contributed by atoms with van der Waals surface area (Å²) < 4.78 is 75.2. The fourth-order valence-corrected chi connectivity index (χ4v) is 2.22. The van der Waals surface area contributed by atoms with Gasteiger partial charge in [-0.1, -0.05) is 15.9 Å². The molecule has 1 aromatic rings. The number of rotatable bonds is 1. The van der Waals surface area contributed by atoms with Gasteiger partial charge in [-0.3, -0.25) is 0 Å². The van der Waals surface area contributed by atoms with Crippen molar-refractivity contribution in [3.8, 4) is 0 Å². The van der Waals surface area contributed by atoms with Crippen molar-refractivity contribution in [3.63, 3.8) is 0 Å². The third kappa shape index (κ3) is 3.07. The minimum atomic E-state index is -5.11. The molecular weight excluding hydrogens is 337 g/mol. The molecular formula is C9H4BrClF6. The Balaban J connectivity index is 3.64. The number of hydrogen-bond donors (Lipinski definition) is 0. The molecule has 0 spiro atoms. The van der Waals surface area contributed by atoms with Crippen molar-refractivity contribution >= 4 is 27.5 Å². The summed E-state index contributed by atoms with van der Waals surface area (Å²) in [6.07, 6.45) is -10.2. The minimum absolute atomic E-state index is 0.104. The zero-order valence-corrected chi connectivity index (χ0v) is 10.2. The molecule has 0 atom stereocenters. The van der Waals surface area contributed by atoms with Gasteiger partial charge in [-0.05, 0) is 17.7 Å². The van der Waals surface area contributed by atoms with Crippen LogP contribution in [0.15, 0.2) is 16.6 Å². The van der Waals surface area contributed by atoms with Gasteiger partial charge in [0.2, 0.25) is 0 Å². The Kier molecular flexibility index (Phi) is 4.03. The van der Waals surface area contributed by atoms with Crippen LogP contribution in [0.3, 0.4) is 0 Å². The summed E-state index contributed by atoms with van der Waals surface area (Å²) >= 11 is 8.02. The number of hydrogen-bond acceptors (Lipinski definition) is 0. The lowest BCUT2D eigenvalue weighted by Gasteiger charge is -2.19. The van der Waals surface area contributed by atoms with Gasteiger partial charge in [-0.2, -0.15) is 26.3 Å². The van der Waals surface area contributed by atoms with Crippen molar-refractivity contribution < 1.29 is 26.3 Å². The molecule has 0 saturated carbocycles. The highest BCUT2D eigenvalue weighted by molar-refractivity contribution is 9.10. The molecule has 17 heavy (non-hydrogen) atoms. The monoisotopic (exact) mass is 340 g/mol. The fourth-order valence-electron chi connectivity index (χ4n) is 1.31. The maximum atomic E-state index is 12.6. The Morgan fingerprint density at radius 2 is 1.53 bits per heavy atom. The van der Waals surface area contributed by atoms with Crippen LogP contribution in [0.2, 0.25) is 0 Å². The molecule has 0 N–H and O–H groups in total. The summed E-state index contributed by atoms with van der Waals surface area (Å²) in [6.45, 7) is 0. The van der Waals surface area contributed by atoms with Crippen molar-refractivity contribution in [3.05, 3.63) is 33.3 Å². The Morgan fingerprint density at radius 1 is 1.00 bits per heavy atom. The summed E-state index contributed by atoms with van der Waals surface area (Å²) in [5, 5.41) is 0. The standard InChI is InChI=1S/C9H4BrClF6/c10-6-2-1-5(8(12,13)14)7(4(6)3-11)9(15,16)17/h1-2H,3H2. The van der Waals surface area contributed by atoms with E-state index in [0.29, 0.717) is 6.07 Å². The van der Waals surface area contributed by atoms with Crippen molar-refractivity contribution in [2.75, 3.05) is 0 Å². The summed E-state index contributed by atoms with van der Waals surface area (Å²) in [4.78, 5) is 0. The first-order chi connectivity index (χ1) is 7.59. The van der Waals surface area contributed by atoms with Crippen LogP contribution in [0.25, 0.3) is 0 Å². The quantitative estimate of drug-likeness (QED) is 0.485. The lowest BCUT2D eigenvalue weighted by atomic mass is 10.0. The summed E-state index contributed by atoms with van der Waals surface area (Å²) in [5.41, 5.74) is -4.09. The van der Waals surface area contributed by atoms with E-state index in [4.69, 9.17) is 11.6 Å². The van der Waals surface area contributed by atoms with E-state index in [1.807, 2.05) is 0 Å². The first-order valence-electron chi connectivity index (χ1n) is 4.10. The van der Waals surface area contributed by atoms with Gasteiger partial charge in [0.1, 0.15) is 0 Å². The molecule has 0 radical (unpaired) electrons. The van der Waals surface area contributed by atoms with Crippen LogP contribution < -0.4 is 0 Å². The van der Waals surface area contributed by atoms with Crippen molar-refractivity contribution in [2.24, 2.45) is 0 Å². The second-order valence-electron chi connectivity index (χ2n) is 3.08. The van der Waals surface area contributed by atoms with Gasteiger partial charge >= 0.3 is 12.4 Å². The number of halogens is 8. The van der Waals surface area contributed by atoms with E-state index in [2.05, 4.69) is 15.9 Å². The molecule has 0 saturated heterocycles. The van der Waals surface area contributed by atoms with Crippen LogP contribution in [0.5, 0.6) is 0 Å². The second-order valence-corrected chi connectivity index (χ2v) is 4.20. The molecule has 0 unspecified atom stereocenters. The molecule has 0 fully saturated rings. The van der Waals surface area contributed by atoms with Gasteiger partial charge in [0.15, 0.2) is 0 Å². The van der Waals surface area contributed by atoms with E-state index in [0.717, 1.165) is 6.07 Å². The van der Waals surface area contributed by atoms with Gasteiger partial charge in [0.05, 0.1) is 11.1 Å². The molecule has 1 aromatic carbocycles. The molecule has 1 rings (SSSR count). The molecule has 96 valence electrons. The summed E-state index contributed by atoms with van der Waals surface area (Å²) in [6, 6.07) is 1.28. The van der Waals surface area contributed by atoms with Crippen molar-refractivity contribution in [1.82, 2.24) is 0 Å². The lowest BCUT2D eigenvalue weighted by molar-refractivity contribution is -0.162. The first kappa shape index (κ1) is 14.6. The van der Waals surface area contributed by atoms with E-state index in [1.54, 1.807) is 0 Å². The zero-order valence-electron chi connectivity index (χ0n) is 7.89. The first-order valence-corrected chi connectivity index (χ1v) is 5.43. The highest BCUT2D eigenvalue weighted by atomic mass is 79.9. The van der Waals surface area contributed by atoms with Crippen LogP contribution in [0.1, 0.15) is 16.7 Å². The lowest BCUT2D eigenvalue weighted by Crippen LogP contribution is -2.19. The van der Waals surface area contributed by atoms with Crippen molar-refractivity contribution in [2.45, 2.75) is 18.2 Å².